The lowest BCUT2D eigenvalue weighted by molar-refractivity contribution is -0.384. The van der Waals surface area contributed by atoms with Crippen LogP contribution in [0.3, 0.4) is 0 Å². The average Bonchev–Trinajstić information content (AvgIpc) is 2.29. The van der Waals surface area contributed by atoms with Crippen molar-refractivity contribution in [2.45, 2.75) is 13.8 Å². The summed E-state index contributed by atoms with van der Waals surface area (Å²) in [7, 11) is 0. The van der Waals surface area contributed by atoms with Crippen molar-refractivity contribution in [2.75, 3.05) is 18.4 Å². The first-order chi connectivity index (χ1) is 8.45. The fourth-order valence-corrected chi connectivity index (χ4v) is 1.66. The molecule has 0 aliphatic heterocycles. The van der Waals surface area contributed by atoms with Gasteiger partial charge in [-0.3, -0.25) is 14.9 Å². The van der Waals surface area contributed by atoms with Crippen molar-refractivity contribution in [2.24, 2.45) is 0 Å². The molecule has 0 spiro atoms. The summed E-state index contributed by atoms with van der Waals surface area (Å²) in [4.78, 5) is 21.4. The topological polar surface area (TPSA) is 84.3 Å². The lowest BCUT2D eigenvalue weighted by atomic mass is 10.2. The third-order valence-electron chi connectivity index (χ3n) is 2.30. The minimum atomic E-state index is -0.539. The van der Waals surface area contributed by atoms with Crippen molar-refractivity contribution in [3.8, 4) is 0 Å². The summed E-state index contributed by atoms with van der Waals surface area (Å²) in [6.07, 6.45) is 0. The van der Waals surface area contributed by atoms with E-state index in [4.69, 9.17) is 11.6 Å². The first-order valence-electron chi connectivity index (χ1n) is 5.40. The van der Waals surface area contributed by atoms with Gasteiger partial charge < -0.3 is 10.6 Å². The zero-order valence-corrected chi connectivity index (χ0v) is 10.9. The number of nitro benzene ring substituents is 1. The number of nitrogens with zero attached hydrogens (tertiary/aromatic N) is 1. The molecule has 0 atom stereocenters. The van der Waals surface area contributed by atoms with Gasteiger partial charge in [0.05, 0.1) is 11.5 Å². The van der Waals surface area contributed by atoms with Crippen molar-refractivity contribution in [1.82, 2.24) is 5.32 Å². The molecule has 1 amide bonds. The average molecular weight is 272 g/mol. The van der Waals surface area contributed by atoms with E-state index in [-0.39, 0.29) is 23.2 Å². The first kappa shape index (κ1) is 14.2. The molecular weight excluding hydrogens is 258 g/mol. The van der Waals surface area contributed by atoms with Crippen LogP contribution in [0.5, 0.6) is 0 Å². The number of amides is 1. The second-order valence-electron chi connectivity index (χ2n) is 3.68. The zero-order valence-electron chi connectivity index (χ0n) is 10.1. The number of benzene rings is 1. The largest absolute Gasteiger partial charge is 0.376 e. The van der Waals surface area contributed by atoms with Crippen LogP contribution < -0.4 is 10.6 Å². The fourth-order valence-electron chi connectivity index (χ4n) is 1.43. The van der Waals surface area contributed by atoms with Gasteiger partial charge in [-0.2, -0.15) is 0 Å². The van der Waals surface area contributed by atoms with Crippen molar-refractivity contribution >= 4 is 28.9 Å². The van der Waals surface area contributed by atoms with E-state index in [2.05, 4.69) is 10.6 Å². The molecule has 0 fully saturated rings. The van der Waals surface area contributed by atoms with Crippen molar-refractivity contribution in [1.29, 1.82) is 0 Å². The number of nitro groups is 1. The molecule has 6 nitrogen and oxygen atoms in total. The third-order valence-corrected chi connectivity index (χ3v) is 2.61. The summed E-state index contributed by atoms with van der Waals surface area (Å²) in [5, 5.41) is 16.2. The van der Waals surface area contributed by atoms with Crippen LogP contribution in [0.4, 0.5) is 11.4 Å². The quantitative estimate of drug-likeness (QED) is 0.634. The number of rotatable bonds is 5. The summed E-state index contributed by atoms with van der Waals surface area (Å²) in [6, 6.07) is 2.83. The fraction of sp³-hybridized carbons (Fsp3) is 0.364. The van der Waals surface area contributed by atoms with E-state index in [0.29, 0.717) is 17.8 Å². The highest BCUT2D eigenvalue weighted by Crippen LogP contribution is 2.30. The van der Waals surface area contributed by atoms with Gasteiger partial charge in [0.25, 0.3) is 5.69 Å². The zero-order chi connectivity index (χ0) is 13.7. The number of aryl methyl sites for hydroxylation is 1. The molecule has 18 heavy (non-hydrogen) atoms. The Kier molecular flexibility index (Phi) is 4.91. The molecule has 0 aromatic heterocycles. The summed E-state index contributed by atoms with van der Waals surface area (Å²) >= 11 is 5.79. The Morgan fingerprint density at radius 1 is 1.50 bits per heavy atom. The maximum absolute atomic E-state index is 11.3. The molecule has 0 saturated heterocycles. The van der Waals surface area contributed by atoms with E-state index in [9.17, 15) is 14.9 Å². The summed E-state index contributed by atoms with van der Waals surface area (Å²) < 4.78 is 0. The number of carbonyl (C=O) groups excluding carboxylic acids is 1. The van der Waals surface area contributed by atoms with Crippen LogP contribution in [0.15, 0.2) is 12.1 Å². The molecule has 0 bridgehead atoms. The number of nitrogens with one attached hydrogen (secondary N) is 2. The van der Waals surface area contributed by atoms with Gasteiger partial charge in [0.1, 0.15) is 5.02 Å². The van der Waals surface area contributed by atoms with Gasteiger partial charge in [-0.05, 0) is 25.5 Å². The molecule has 0 radical (unpaired) electrons. The van der Waals surface area contributed by atoms with Gasteiger partial charge in [-0.15, -0.1) is 0 Å². The molecule has 1 aromatic carbocycles. The summed E-state index contributed by atoms with van der Waals surface area (Å²) in [6.45, 7) is 4.19. The van der Waals surface area contributed by atoms with E-state index in [0.717, 1.165) is 0 Å². The standard InChI is InChI=1S/C11H14ClN3O3/c1-3-13-11(16)6-14-9-5-8(12)10(15(17)18)4-7(9)2/h4-5,14H,3,6H2,1-2H3,(H,13,16). The Labute approximate surface area is 109 Å². The molecule has 0 heterocycles. The van der Waals surface area contributed by atoms with Gasteiger partial charge in [0, 0.05) is 18.3 Å². The van der Waals surface area contributed by atoms with Gasteiger partial charge in [0.15, 0.2) is 0 Å². The van der Waals surface area contributed by atoms with Crippen LogP contribution in [-0.2, 0) is 4.79 Å². The number of hydrogen-bond acceptors (Lipinski definition) is 4. The Morgan fingerprint density at radius 3 is 2.72 bits per heavy atom. The van der Waals surface area contributed by atoms with E-state index in [1.807, 2.05) is 6.92 Å². The smallest absolute Gasteiger partial charge is 0.288 e. The number of anilines is 1. The van der Waals surface area contributed by atoms with Crippen LogP contribution in [0.2, 0.25) is 5.02 Å². The van der Waals surface area contributed by atoms with E-state index >= 15 is 0 Å². The maximum Gasteiger partial charge on any atom is 0.288 e. The minimum absolute atomic E-state index is 0.0454. The predicted octanol–water partition coefficient (Wildman–Crippen LogP) is 2.10. The molecule has 1 rings (SSSR count). The predicted molar refractivity (Wildman–Crippen MR) is 70.0 cm³/mol. The Morgan fingerprint density at radius 2 is 2.17 bits per heavy atom. The number of carbonyl (C=O) groups is 1. The monoisotopic (exact) mass is 271 g/mol. The normalized spacial score (nSPS) is 9.94. The van der Waals surface area contributed by atoms with Gasteiger partial charge in [0.2, 0.25) is 5.91 Å². The van der Waals surface area contributed by atoms with Gasteiger partial charge in [-0.25, -0.2) is 0 Å². The molecule has 7 heteroatoms. The highest BCUT2D eigenvalue weighted by atomic mass is 35.5. The Hall–Kier alpha value is -1.82. The summed E-state index contributed by atoms with van der Waals surface area (Å²) in [5.41, 5.74) is 1.13. The molecule has 98 valence electrons. The molecule has 1 aromatic rings. The highest BCUT2D eigenvalue weighted by molar-refractivity contribution is 6.33. The Bertz CT molecular complexity index is 477. The second-order valence-corrected chi connectivity index (χ2v) is 4.09. The second kappa shape index (κ2) is 6.20. The number of hydrogen-bond donors (Lipinski definition) is 2. The van der Waals surface area contributed by atoms with Crippen LogP contribution in [0.1, 0.15) is 12.5 Å². The van der Waals surface area contributed by atoms with Gasteiger partial charge >= 0.3 is 0 Å². The number of halogens is 1. The summed E-state index contributed by atoms with van der Waals surface area (Å²) in [5.74, 6) is -0.147. The van der Waals surface area contributed by atoms with Crippen LogP contribution >= 0.6 is 11.6 Å². The molecule has 2 N–H and O–H groups in total. The molecular formula is C11H14ClN3O3. The van der Waals surface area contributed by atoms with Crippen LogP contribution in [-0.4, -0.2) is 23.9 Å². The molecule has 0 saturated carbocycles. The van der Waals surface area contributed by atoms with Gasteiger partial charge in [-0.1, -0.05) is 11.6 Å². The van der Waals surface area contributed by atoms with Crippen molar-refractivity contribution in [3.05, 3.63) is 32.8 Å². The first-order valence-corrected chi connectivity index (χ1v) is 5.78. The highest BCUT2D eigenvalue weighted by Gasteiger charge is 2.15. The molecule has 0 aliphatic rings. The minimum Gasteiger partial charge on any atom is -0.376 e. The van der Waals surface area contributed by atoms with E-state index in [1.165, 1.54) is 12.1 Å². The van der Waals surface area contributed by atoms with E-state index in [1.54, 1.807) is 6.92 Å². The molecule has 0 aliphatic carbocycles. The van der Waals surface area contributed by atoms with Crippen LogP contribution in [0.25, 0.3) is 0 Å². The van der Waals surface area contributed by atoms with Crippen LogP contribution in [0, 0.1) is 17.0 Å². The lowest BCUT2D eigenvalue weighted by Crippen LogP contribution is -2.29. The van der Waals surface area contributed by atoms with E-state index < -0.39 is 4.92 Å². The lowest BCUT2D eigenvalue weighted by Gasteiger charge is -2.10. The van der Waals surface area contributed by atoms with Crippen molar-refractivity contribution in [3.63, 3.8) is 0 Å². The third kappa shape index (κ3) is 3.59. The SMILES string of the molecule is CCNC(=O)CNc1cc(Cl)c([N+](=O)[O-])cc1C. The Balaban J connectivity index is 2.82. The molecule has 0 unspecified atom stereocenters. The van der Waals surface area contributed by atoms with Crippen molar-refractivity contribution < 1.29 is 9.72 Å². The number of likely N-dealkylation sites (N-methyl/N-ethyl adjacent to an activating group) is 1. The maximum atomic E-state index is 11.3.